The van der Waals surface area contributed by atoms with E-state index in [9.17, 15) is 0 Å². The molecule has 0 amide bonds. The molecule has 136 valence electrons. The fraction of sp³-hybridized carbons (Fsp3) is 0.263. The van der Waals surface area contributed by atoms with Crippen molar-refractivity contribution >= 4 is 0 Å². The lowest BCUT2D eigenvalue weighted by molar-refractivity contribution is 0.201. The van der Waals surface area contributed by atoms with Crippen LogP contribution in [-0.2, 0) is 0 Å². The van der Waals surface area contributed by atoms with Gasteiger partial charge in [0.25, 0.3) is 0 Å². The van der Waals surface area contributed by atoms with Crippen molar-refractivity contribution in [2.45, 2.75) is 6.92 Å². The topological polar surface area (TPSA) is 78.6 Å². The first-order valence-corrected chi connectivity index (χ1v) is 8.32. The van der Waals surface area contributed by atoms with Crippen LogP contribution in [0.5, 0.6) is 17.5 Å². The number of aliphatic hydroxyl groups is 1. The summed E-state index contributed by atoms with van der Waals surface area (Å²) in [4.78, 5) is 4.24. The lowest BCUT2D eigenvalue weighted by atomic mass is 10.1. The van der Waals surface area contributed by atoms with Gasteiger partial charge in [-0.15, -0.1) is 5.10 Å². The Labute approximate surface area is 151 Å². The van der Waals surface area contributed by atoms with Crippen molar-refractivity contribution in [1.82, 2.24) is 14.8 Å². The molecule has 3 aromatic rings. The van der Waals surface area contributed by atoms with Crippen LogP contribution < -0.4 is 14.2 Å². The minimum atomic E-state index is -0.0172. The van der Waals surface area contributed by atoms with E-state index in [1.807, 2.05) is 43.3 Å². The number of methoxy groups -OCH3 is 1. The summed E-state index contributed by atoms with van der Waals surface area (Å²) < 4.78 is 17.9. The molecule has 0 fully saturated rings. The summed E-state index contributed by atoms with van der Waals surface area (Å²) in [5.41, 5.74) is 2.62. The van der Waals surface area contributed by atoms with Gasteiger partial charge in [-0.2, -0.15) is 0 Å². The van der Waals surface area contributed by atoms with Crippen LogP contribution in [0.1, 0.15) is 6.92 Å². The number of pyridine rings is 1. The van der Waals surface area contributed by atoms with E-state index in [2.05, 4.69) is 10.1 Å². The number of aromatic nitrogens is 3. The molecule has 7 heteroatoms. The first-order chi connectivity index (χ1) is 12.7. The maximum atomic E-state index is 8.85. The van der Waals surface area contributed by atoms with E-state index < -0.39 is 0 Å². The first-order valence-electron chi connectivity index (χ1n) is 8.32. The van der Waals surface area contributed by atoms with Gasteiger partial charge in [0.15, 0.2) is 0 Å². The average Bonchev–Trinajstić information content (AvgIpc) is 3.11. The molecule has 0 aliphatic heterocycles. The third-order valence-corrected chi connectivity index (χ3v) is 3.66. The Kier molecular flexibility index (Phi) is 5.70. The van der Waals surface area contributed by atoms with Crippen LogP contribution in [0.25, 0.3) is 16.9 Å². The van der Waals surface area contributed by atoms with Crippen LogP contribution in [0.4, 0.5) is 0 Å². The van der Waals surface area contributed by atoms with Gasteiger partial charge >= 0.3 is 0 Å². The summed E-state index contributed by atoms with van der Waals surface area (Å²) in [7, 11) is 1.58. The van der Waals surface area contributed by atoms with Crippen molar-refractivity contribution in [2.75, 3.05) is 26.9 Å². The number of rotatable bonds is 8. The van der Waals surface area contributed by atoms with Crippen LogP contribution in [0.2, 0.25) is 0 Å². The zero-order valence-corrected chi connectivity index (χ0v) is 14.8. The third kappa shape index (κ3) is 3.94. The van der Waals surface area contributed by atoms with Gasteiger partial charge < -0.3 is 19.3 Å². The minimum absolute atomic E-state index is 0.0172. The highest BCUT2D eigenvalue weighted by molar-refractivity contribution is 5.64. The largest absolute Gasteiger partial charge is 0.491 e. The van der Waals surface area contributed by atoms with E-state index in [4.69, 9.17) is 19.3 Å². The summed E-state index contributed by atoms with van der Waals surface area (Å²) in [6.07, 6.45) is 1.70. The summed E-state index contributed by atoms with van der Waals surface area (Å²) in [5, 5.41) is 13.4. The highest BCUT2D eigenvalue weighted by Crippen LogP contribution is 2.28. The highest BCUT2D eigenvalue weighted by atomic mass is 16.5. The molecule has 0 aliphatic carbocycles. The maximum Gasteiger partial charge on any atom is 0.233 e. The molecule has 1 N–H and O–H groups in total. The van der Waals surface area contributed by atoms with Gasteiger partial charge in [-0.25, -0.2) is 9.67 Å². The smallest absolute Gasteiger partial charge is 0.233 e. The van der Waals surface area contributed by atoms with Gasteiger partial charge in [-0.3, -0.25) is 0 Å². The molecule has 0 atom stereocenters. The monoisotopic (exact) mass is 355 g/mol. The Bertz CT molecular complexity index is 829. The normalized spacial score (nSPS) is 10.6. The molecular weight excluding hydrogens is 334 g/mol. The highest BCUT2D eigenvalue weighted by Gasteiger charge is 2.13. The minimum Gasteiger partial charge on any atom is -0.491 e. The molecule has 0 saturated carbocycles. The number of hydrogen-bond donors (Lipinski definition) is 1. The van der Waals surface area contributed by atoms with Crippen LogP contribution in [0.3, 0.4) is 0 Å². The summed E-state index contributed by atoms with van der Waals surface area (Å²) in [6.45, 7) is 2.70. The van der Waals surface area contributed by atoms with Crippen LogP contribution >= 0.6 is 0 Å². The Hall–Kier alpha value is -3.06. The number of hydrogen-bond acceptors (Lipinski definition) is 6. The molecule has 0 bridgehead atoms. The zero-order valence-electron chi connectivity index (χ0n) is 14.8. The standard InChI is InChI=1S/C19H21N3O4/c1-3-25-19-12-17(14-4-7-16(8-5-14)26-11-10-23)22(21-19)15-6-9-18(24-2)20-13-15/h4-9,12-13,23H,3,10-11H2,1-2H3. The summed E-state index contributed by atoms with van der Waals surface area (Å²) >= 11 is 0. The second-order valence-corrected chi connectivity index (χ2v) is 5.37. The maximum absolute atomic E-state index is 8.85. The van der Waals surface area contributed by atoms with Crippen molar-refractivity contribution in [3.63, 3.8) is 0 Å². The Morgan fingerprint density at radius 1 is 1.04 bits per heavy atom. The summed E-state index contributed by atoms with van der Waals surface area (Å²) in [5.74, 6) is 1.78. The molecule has 7 nitrogen and oxygen atoms in total. The third-order valence-electron chi connectivity index (χ3n) is 3.66. The molecule has 0 aliphatic rings. The van der Waals surface area contributed by atoms with Crippen LogP contribution in [0, 0.1) is 0 Å². The van der Waals surface area contributed by atoms with Gasteiger partial charge in [0.1, 0.15) is 12.4 Å². The average molecular weight is 355 g/mol. The lowest BCUT2D eigenvalue weighted by Crippen LogP contribution is -2.02. The van der Waals surface area contributed by atoms with Gasteiger partial charge in [0.2, 0.25) is 11.8 Å². The number of aliphatic hydroxyl groups excluding tert-OH is 1. The zero-order chi connectivity index (χ0) is 18.4. The SMILES string of the molecule is CCOc1cc(-c2ccc(OCCO)cc2)n(-c2ccc(OC)nc2)n1. The Morgan fingerprint density at radius 3 is 2.46 bits per heavy atom. The number of benzene rings is 1. The molecule has 3 rings (SSSR count). The predicted molar refractivity (Wildman–Crippen MR) is 97.1 cm³/mol. The molecule has 0 saturated heterocycles. The quantitative estimate of drug-likeness (QED) is 0.669. The van der Waals surface area contributed by atoms with E-state index in [0.717, 1.165) is 16.9 Å². The molecule has 0 spiro atoms. The first kappa shape index (κ1) is 17.8. The van der Waals surface area contributed by atoms with Crippen LogP contribution in [0.15, 0.2) is 48.7 Å². The van der Waals surface area contributed by atoms with Crippen molar-refractivity contribution in [1.29, 1.82) is 0 Å². The van der Waals surface area contributed by atoms with Crippen molar-refractivity contribution < 1.29 is 19.3 Å². The second kappa shape index (κ2) is 8.35. The van der Waals surface area contributed by atoms with E-state index in [1.165, 1.54) is 0 Å². The fourth-order valence-electron chi connectivity index (χ4n) is 2.48. The fourth-order valence-corrected chi connectivity index (χ4v) is 2.48. The van der Waals surface area contributed by atoms with Gasteiger partial charge in [0.05, 0.1) is 37.9 Å². The van der Waals surface area contributed by atoms with Gasteiger partial charge in [-0.1, -0.05) is 0 Å². The van der Waals surface area contributed by atoms with E-state index >= 15 is 0 Å². The molecule has 1 aromatic carbocycles. The second-order valence-electron chi connectivity index (χ2n) is 5.37. The predicted octanol–water partition coefficient (Wildman–Crippen LogP) is 2.71. The Balaban J connectivity index is 1.96. The molecular formula is C19H21N3O4. The molecule has 26 heavy (non-hydrogen) atoms. The number of ether oxygens (including phenoxy) is 3. The number of nitrogens with zero attached hydrogens (tertiary/aromatic N) is 3. The van der Waals surface area contributed by atoms with Crippen molar-refractivity contribution in [2.24, 2.45) is 0 Å². The molecule has 0 unspecified atom stereocenters. The Morgan fingerprint density at radius 2 is 1.85 bits per heavy atom. The van der Waals surface area contributed by atoms with E-state index in [0.29, 0.717) is 24.1 Å². The van der Waals surface area contributed by atoms with Crippen LogP contribution in [-0.4, -0.2) is 46.8 Å². The lowest BCUT2D eigenvalue weighted by Gasteiger charge is -2.09. The van der Waals surface area contributed by atoms with E-state index in [1.54, 1.807) is 24.1 Å². The molecule has 0 radical (unpaired) electrons. The van der Waals surface area contributed by atoms with Crippen molar-refractivity contribution in [3.05, 3.63) is 48.7 Å². The summed E-state index contributed by atoms with van der Waals surface area (Å²) in [6, 6.07) is 13.1. The van der Waals surface area contributed by atoms with Gasteiger partial charge in [0, 0.05) is 17.7 Å². The molecule has 2 aromatic heterocycles. The van der Waals surface area contributed by atoms with Gasteiger partial charge in [-0.05, 0) is 37.3 Å². The molecule has 2 heterocycles. The van der Waals surface area contributed by atoms with Crippen molar-refractivity contribution in [3.8, 4) is 34.5 Å². The van der Waals surface area contributed by atoms with E-state index in [-0.39, 0.29) is 13.2 Å².